The number of halogens is 2. The molecule has 9 rings (SSSR count). The second-order valence-electron chi connectivity index (χ2n) is 22.0. The zero-order chi connectivity index (χ0) is 61.2. The number of aromatic nitrogens is 4. The molecule has 8 amide bonds. The molecule has 6 N–H and O–H groups in total. The fraction of sp³-hybridized carbons (Fsp3) is 0.448. The first-order valence-electron chi connectivity index (χ1n) is 28.0. The number of rotatable bonds is 27. The van der Waals surface area contributed by atoms with E-state index in [1.165, 1.54) is 28.8 Å². The van der Waals surface area contributed by atoms with Crippen LogP contribution in [0.1, 0.15) is 109 Å². The summed E-state index contributed by atoms with van der Waals surface area (Å²) in [5.41, 5.74) is 0.237. The van der Waals surface area contributed by atoms with Crippen LogP contribution in [0.5, 0.6) is 0 Å². The van der Waals surface area contributed by atoms with Crippen LogP contribution >= 0.6 is 0 Å². The van der Waals surface area contributed by atoms with E-state index in [1.807, 2.05) is 0 Å². The van der Waals surface area contributed by atoms with Gasteiger partial charge in [0.15, 0.2) is 11.4 Å². The number of likely N-dealkylation sites (tertiary alicyclic amines) is 1. The molecule has 26 nitrogen and oxygen atoms in total. The highest BCUT2D eigenvalue weighted by molar-refractivity contribution is 6.25. The number of carbonyl (C=O) groups excluding carboxylic acids is 9. The fourth-order valence-corrected chi connectivity index (χ4v) is 9.93. The van der Waals surface area contributed by atoms with E-state index in [2.05, 4.69) is 47.0 Å². The lowest BCUT2D eigenvalue weighted by atomic mass is 9.85. The normalized spacial score (nSPS) is 18.0. The molecule has 0 radical (unpaired) electrons. The van der Waals surface area contributed by atoms with Gasteiger partial charge in [0, 0.05) is 56.8 Å². The van der Waals surface area contributed by atoms with E-state index in [1.54, 1.807) is 75.5 Å². The smallest absolute Gasteiger partial charge is 0.302 e. The highest BCUT2D eigenvalue weighted by atomic mass is 19.3. The molecule has 5 aromatic rings. The summed E-state index contributed by atoms with van der Waals surface area (Å²) in [6.45, 7) is 7.65. The third kappa shape index (κ3) is 15.3. The maximum Gasteiger partial charge on any atom is 0.302 e. The molecule has 3 fully saturated rings. The molecule has 3 aromatic heterocycles. The Kier molecular flexibility index (Phi) is 19.6. The largest absolute Gasteiger partial charge is 0.461 e. The Morgan fingerprint density at radius 2 is 1.63 bits per heavy atom. The van der Waals surface area contributed by atoms with Crippen molar-refractivity contribution in [3.8, 4) is 17.1 Å². The van der Waals surface area contributed by atoms with E-state index in [0.717, 1.165) is 30.5 Å². The molecule has 0 bridgehead atoms. The van der Waals surface area contributed by atoms with Crippen molar-refractivity contribution in [3.63, 3.8) is 0 Å². The minimum atomic E-state index is -3.05. The monoisotopic (exact) mass is 1190 g/mol. The van der Waals surface area contributed by atoms with Crippen LogP contribution in [-0.4, -0.2) is 166 Å². The molecule has 4 atom stereocenters. The quantitative estimate of drug-likeness (QED) is 0.0244. The summed E-state index contributed by atoms with van der Waals surface area (Å²) in [6.07, 6.45) is 2.44. The summed E-state index contributed by atoms with van der Waals surface area (Å²) in [6, 6.07) is 11.3. The molecule has 86 heavy (non-hydrogen) atoms. The number of nitrogens with one attached hydrogen (secondary N) is 6. The molecule has 2 unspecified atom stereocenters. The Hall–Kier alpha value is -9.02. The van der Waals surface area contributed by atoms with Gasteiger partial charge in [-0.15, -0.1) is 0 Å². The number of alkyl halides is 2. The average molecular weight is 1190 g/mol. The van der Waals surface area contributed by atoms with Crippen LogP contribution in [0.2, 0.25) is 0 Å². The molecule has 6 heterocycles. The first-order valence-corrected chi connectivity index (χ1v) is 28.0. The summed E-state index contributed by atoms with van der Waals surface area (Å²) < 4.78 is 57.5. The summed E-state index contributed by atoms with van der Waals surface area (Å²) in [4.78, 5) is 128. The minimum Gasteiger partial charge on any atom is -0.461 e. The maximum absolute atomic E-state index is 14.4. The van der Waals surface area contributed by atoms with Gasteiger partial charge in [-0.05, 0) is 72.6 Å². The van der Waals surface area contributed by atoms with Crippen molar-refractivity contribution < 1.29 is 75.3 Å². The molecule has 1 saturated carbocycles. The van der Waals surface area contributed by atoms with Crippen LogP contribution < -0.4 is 31.9 Å². The van der Waals surface area contributed by atoms with Gasteiger partial charge in [0.1, 0.15) is 42.9 Å². The predicted octanol–water partition coefficient (Wildman–Crippen LogP) is 4.18. The third-order valence-electron chi connectivity index (χ3n) is 14.5. The number of benzene rings is 2. The molecule has 3 aliphatic heterocycles. The topological polar surface area (TPSA) is 326 Å². The molecule has 2 saturated heterocycles. The van der Waals surface area contributed by atoms with Crippen molar-refractivity contribution in [1.29, 1.82) is 0 Å². The van der Waals surface area contributed by atoms with Gasteiger partial charge in [0.05, 0.1) is 68.3 Å². The van der Waals surface area contributed by atoms with Gasteiger partial charge < -0.3 is 54.8 Å². The van der Waals surface area contributed by atoms with Crippen molar-refractivity contribution in [2.45, 2.75) is 97.0 Å². The van der Waals surface area contributed by atoms with Gasteiger partial charge in [0.2, 0.25) is 35.4 Å². The number of pyridine rings is 1. The van der Waals surface area contributed by atoms with Crippen LogP contribution in [0.4, 0.5) is 26.0 Å². The molecule has 0 spiro atoms. The van der Waals surface area contributed by atoms with Gasteiger partial charge in [-0.1, -0.05) is 39.0 Å². The second-order valence-corrected chi connectivity index (χ2v) is 22.0. The van der Waals surface area contributed by atoms with Crippen molar-refractivity contribution >= 4 is 70.4 Å². The molecular formula is C58H66F2N12O14. The Bertz CT molecular complexity index is 3360. The maximum atomic E-state index is 14.4. The molecule has 28 heteroatoms. The minimum absolute atomic E-state index is 0.0104. The number of esters is 1. The van der Waals surface area contributed by atoms with Gasteiger partial charge in [-0.2, -0.15) is 5.10 Å². The van der Waals surface area contributed by atoms with E-state index in [-0.39, 0.29) is 100 Å². The van der Waals surface area contributed by atoms with Crippen LogP contribution in [0.3, 0.4) is 0 Å². The van der Waals surface area contributed by atoms with Crippen molar-refractivity contribution in [2.75, 3.05) is 75.2 Å². The summed E-state index contributed by atoms with van der Waals surface area (Å²) in [5.74, 6) is -4.18. The number of fused-ring (bicyclic) bond motifs is 1. The van der Waals surface area contributed by atoms with E-state index >= 15 is 0 Å². The number of nitrogens with zero attached hydrogens (tertiary/aromatic N) is 6. The molecular weight excluding hydrogens is 1130 g/mol. The summed E-state index contributed by atoms with van der Waals surface area (Å²) in [5, 5.41) is 20.6. The lowest BCUT2D eigenvalue weighted by Crippen LogP contribution is -2.58. The van der Waals surface area contributed by atoms with Gasteiger partial charge in [-0.25, -0.2) is 23.4 Å². The number of hydrogen-bond acceptors (Lipinski definition) is 19. The number of hydrogen-bond donors (Lipinski definition) is 6. The Labute approximate surface area is 491 Å². The number of imide groups is 2. The summed E-state index contributed by atoms with van der Waals surface area (Å²) in [7, 11) is 0. The van der Waals surface area contributed by atoms with Crippen molar-refractivity contribution in [1.82, 2.24) is 45.5 Å². The predicted molar refractivity (Wildman–Crippen MR) is 300 cm³/mol. The zero-order valence-electron chi connectivity index (χ0n) is 47.7. The Morgan fingerprint density at radius 1 is 0.884 bits per heavy atom. The van der Waals surface area contributed by atoms with Gasteiger partial charge >= 0.3 is 5.97 Å². The van der Waals surface area contributed by atoms with Crippen LogP contribution in [0.25, 0.3) is 17.1 Å². The number of amides is 8. The van der Waals surface area contributed by atoms with Gasteiger partial charge in [-0.3, -0.25) is 53.4 Å². The van der Waals surface area contributed by atoms with E-state index < -0.39 is 102 Å². The van der Waals surface area contributed by atoms with Crippen molar-refractivity contribution in [3.05, 3.63) is 101 Å². The number of anilines is 3. The average Bonchev–Trinajstić information content (AvgIpc) is 1.72. The number of piperidine rings is 1. The number of oxazole rings is 1. The number of ether oxygens (including phenoxy) is 4. The van der Waals surface area contributed by atoms with Gasteiger partial charge in [0.25, 0.3) is 24.1 Å². The van der Waals surface area contributed by atoms with Crippen LogP contribution in [0.15, 0.2) is 77.7 Å². The molecule has 2 aromatic carbocycles. The second kappa shape index (κ2) is 27.3. The van der Waals surface area contributed by atoms with E-state index in [9.17, 15) is 51.9 Å². The first-order chi connectivity index (χ1) is 41.2. The van der Waals surface area contributed by atoms with Crippen molar-refractivity contribution in [2.24, 2.45) is 11.3 Å². The standard InChI is InChI=1S/C58H66F2N12O14/c1-32(73)86-37-25-43(52(77)64-27-34-10-12-36(13-11-34)71-29-40(48(69-71)50(59)60)65-51(76)41-30-85-54(66-41)35-16-17-62-44(24-35)63-26-33-8-9-33)70(28-37)57(81)49(58(2,3)4)67-46(75)31-84-23-22-83-21-20-82-19-18-61-39-7-5-6-38-47(39)56(80)72(55(38)79)42-14-15-45(74)68-53(42)78/h5-7,10-13,16-17,24,29-30,33,37,42-43,49-50,61H,8-9,14-15,18-23,25-28,31H2,1-4H3,(H,62,63)(H,64,77)(H,65,76)(H,67,75)(H,68,74,78)/t37-,42?,43+,49?/m1/s1. The molecule has 4 aliphatic rings. The molecule has 1 aliphatic carbocycles. The lowest BCUT2D eigenvalue weighted by Gasteiger charge is -2.35. The SMILES string of the molecule is CC(=O)O[C@@H]1C[C@@H](C(=O)NCc2ccc(-n3cc(NC(=O)c4coc(-c5ccnc(NCC6CC6)c5)n4)c(C(F)F)n3)cc2)N(C(=O)C(NC(=O)COCCOCCOCCNc2cccc3c2C(=O)N(C2CCC(=O)NC2=O)C3=O)C(C)(C)C)C1. The lowest BCUT2D eigenvalue weighted by molar-refractivity contribution is -0.147. The highest BCUT2D eigenvalue weighted by Gasteiger charge is 2.47. The first kappa shape index (κ1) is 61.5. The fourth-order valence-electron chi connectivity index (χ4n) is 9.93. The highest BCUT2D eigenvalue weighted by Crippen LogP contribution is 2.34. The Morgan fingerprint density at radius 3 is 2.34 bits per heavy atom. The van der Waals surface area contributed by atoms with Crippen LogP contribution in [0, 0.1) is 11.3 Å². The number of carbonyl (C=O) groups is 9. The van der Waals surface area contributed by atoms with Crippen LogP contribution in [-0.2, 0) is 54.3 Å². The third-order valence-corrected chi connectivity index (χ3v) is 14.5. The molecule has 456 valence electrons. The zero-order valence-corrected chi connectivity index (χ0v) is 47.7. The van der Waals surface area contributed by atoms with E-state index in [0.29, 0.717) is 34.2 Å². The summed E-state index contributed by atoms with van der Waals surface area (Å²) >= 11 is 0. The Balaban J connectivity index is 0.707. The van der Waals surface area contributed by atoms with E-state index in [4.69, 9.17) is 23.4 Å².